The average Bonchev–Trinajstić information content (AvgIpc) is 2.82. The molecular weight excluding hydrogens is 432 g/mol. The largest absolute Gasteiger partial charge is 0.492 e. The fraction of sp³-hybridized carbons (Fsp3) is 0.565. The molecule has 0 unspecified atom stereocenters. The van der Waals surface area contributed by atoms with Crippen molar-refractivity contribution in [2.45, 2.75) is 26.9 Å². The van der Waals surface area contributed by atoms with E-state index in [4.69, 9.17) is 9.47 Å². The Morgan fingerprint density at radius 1 is 1.12 bits per heavy atom. The number of H-pyrrole nitrogens is 1. The van der Waals surface area contributed by atoms with E-state index in [1.54, 1.807) is 4.90 Å². The van der Waals surface area contributed by atoms with Gasteiger partial charge < -0.3 is 24.2 Å². The van der Waals surface area contributed by atoms with Gasteiger partial charge >= 0.3 is 0 Å². The summed E-state index contributed by atoms with van der Waals surface area (Å²) in [5, 5.41) is 0. The second kappa shape index (κ2) is 10.5. The quantitative estimate of drug-likeness (QED) is 0.643. The fourth-order valence-electron chi connectivity index (χ4n) is 4.28. The zero-order chi connectivity index (χ0) is 23.4. The molecule has 0 spiro atoms. The van der Waals surface area contributed by atoms with Crippen molar-refractivity contribution in [2.24, 2.45) is 0 Å². The number of benzene rings is 1. The Kier molecular flexibility index (Phi) is 7.44. The molecule has 0 bridgehead atoms. The van der Waals surface area contributed by atoms with Crippen LogP contribution in [-0.2, 0) is 17.8 Å². The third kappa shape index (κ3) is 5.27. The van der Waals surface area contributed by atoms with Gasteiger partial charge in [-0.1, -0.05) is 13.8 Å². The second-order valence-corrected chi connectivity index (χ2v) is 8.20. The average molecular weight is 464 g/mol. The third-order valence-electron chi connectivity index (χ3n) is 6.27. The zero-order valence-corrected chi connectivity index (χ0v) is 19.2. The number of likely N-dealkylation sites (N-methyl/N-ethyl adjacent to an activating group) is 1. The smallest absolute Gasteiger partial charge is 0.258 e. The highest BCUT2D eigenvalue weighted by molar-refractivity contribution is 5.53. The minimum Gasteiger partial charge on any atom is -0.492 e. The number of nitrogens with one attached hydrogen (secondary N) is 1. The van der Waals surface area contributed by atoms with Crippen LogP contribution in [0.4, 0.5) is 20.4 Å². The van der Waals surface area contributed by atoms with Crippen LogP contribution in [0.1, 0.15) is 25.1 Å². The minimum absolute atomic E-state index is 0.0465. The number of anilines is 2. The Morgan fingerprint density at radius 2 is 1.79 bits per heavy atom. The summed E-state index contributed by atoms with van der Waals surface area (Å²) >= 11 is 0. The summed E-state index contributed by atoms with van der Waals surface area (Å²) in [7, 11) is 0. The number of hydrogen-bond acceptors (Lipinski definition) is 7. The number of ether oxygens (including phenoxy) is 2. The molecule has 2 aliphatic rings. The van der Waals surface area contributed by atoms with E-state index in [1.165, 1.54) is 12.1 Å². The number of piperazine rings is 1. The molecule has 3 heterocycles. The highest BCUT2D eigenvalue weighted by Crippen LogP contribution is 2.29. The molecule has 1 aromatic heterocycles. The molecule has 4 rings (SSSR count). The summed E-state index contributed by atoms with van der Waals surface area (Å²) in [5.41, 5.74) is 1.10. The number of fused-ring (bicyclic) bond motifs is 1. The number of nitrogens with zero attached hydrogens (tertiary/aromatic N) is 4. The standard InChI is InChI=1S/C23H31F2N5O3/c1-3-28(4-2)10-12-33-16-13-18(24)21(19(25)14-16)29-6-8-30(9-7-29)23-26-20-5-11-32-15-17(20)22(31)27-23/h13-14H,3-12,15H2,1-2H3,(H,26,27,31). The minimum atomic E-state index is -0.637. The van der Waals surface area contributed by atoms with Crippen LogP contribution in [0.15, 0.2) is 16.9 Å². The first-order valence-electron chi connectivity index (χ1n) is 11.5. The van der Waals surface area contributed by atoms with Crippen LogP contribution in [0.3, 0.4) is 0 Å². The van der Waals surface area contributed by atoms with Crippen molar-refractivity contribution in [1.29, 1.82) is 0 Å². The van der Waals surface area contributed by atoms with Gasteiger partial charge in [0.1, 0.15) is 18.0 Å². The van der Waals surface area contributed by atoms with Gasteiger partial charge in [-0.25, -0.2) is 13.8 Å². The van der Waals surface area contributed by atoms with Crippen LogP contribution in [0, 0.1) is 11.6 Å². The Balaban J connectivity index is 1.39. The van der Waals surface area contributed by atoms with Gasteiger partial charge in [-0.3, -0.25) is 9.78 Å². The molecule has 1 aromatic carbocycles. The normalized spacial score (nSPS) is 16.3. The molecular formula is C23H31F2N5O3. The summed E-state index contributed by atoms with van der Waals surface area (Å²) in [5.74, 6) is -0.583. The van der Waals surface area contributed by atoms with E-state index in [9.17, 15) is 13.6 Å². The van der Waals surface area contributed by atoms with Gasteiger partial charge in [-0.2, -0.15) is 0 Å². The topological polar surface area (TPSA) is 73.9 Å². The molecule has 33 heavy (non-hydrogen) atoms. The number of halogens is 2. The van der Waals surface area contributed by atoms with E-state index in [2.05, 4.69) is 28.7 Å². The zero-order valence-electron chi connectivity index (χ0n) is 19.2. The molecule has 0 radical (unpaired) electrons. The lowest BCUT2D eigenvalue weighted by atomic mass is 10.1. The number of aromatic nitrogens is 2. The summed E-state index contributed by atoms with van der Waals surface area (Å²) in [6, 6.07) is 2.50. The predicted octanol–water partition coefficient (Wildman–Crippen LogP) is 2.17. The monoisotopic (exact) mass is 463 g/mol. The van der Waals surface area contributed by atoms with E-state index >= 15 is 0 Å². The van der Waals surface area contributed by atoms with Crippen molar-refractivity contribution in [1.82, 2.24) is 14.9 Å². The molecule has 10 heteroatoms. The Hall–Kier alpha value is -2.72. The van der Waals surface area contributed by atoms with Gasteiger partial charge in [0.15, 0.2) is 11.6 Å². The van der Waals surface area contributed by atoms with Crippen LogP contribution in [0.5, 0.6) is 5.75 Å². The van der Waals surface area contributed by atoms with Crippen LogP contribution in [-0.4, -0.2) is 73.9 Å². The van der Waals surface area contributed by atoms with E-state index < -0.39 is 11.6 Å². The molecule has 1 saturated heterocycles. The lowest BCUT2D eigenvalue weighted by molar-refractivity contribution is 0.108. The van der Waals surface area contributed by atoms with Gasteiger partial charge in [0.05, 0.1) is 24.5 Å². The van der Waals surface area contributed by atoms with Crippen molar-refractivity contribution in [3.8, 4) is 5.75 Å². The summed E-state index contributed by atoms with van der Waals surface area (Å²) in [4.78, 5) is 25.6. The first kappa shape index (κ1) is 23.4. The van der Waals surface area contributed by atoms with Crippen LogP contribution >= 0.6 is 0 Å². The van der Waals surface area contributed by atoms with Gasteiger partial charge in [0.25, 0.3) is 5.56 Å². The lowest BCUT2D eigenvalue weighted by Crippen LogP contribution is -2.48. The first-order chi connectivity index (χ1) is 16.0. The number of hydrogen-bond donors (Lipinski definition) is 1. The Bertz CT molecular complexity index is 997. The molecule has 8 nitrogen and oxygen atoms in total. The molecule has 0 atom stereocenters. The van der Waals surface area contributed by atoms with Gasteiger partial charge in [-0.15, -0.1) is 0 Å². The molecule has 1 fully saturated rings. The lowest BCUT2D eigenvalue weighted by Gasteiger charge is -2.36. The van der Waals surface area contributed by atoms with E-state index in [-0.39, 0.29) is 23.6 Å². The van der Waals surface area contributed by atoms with E-state index in [0.29, 0.717) is 63.9 Å². The Morgan fingerprint density at radius 3 is 2.45 bits per heavy atom. The van der Waals surface area contributed by atoms with Crippen LogP contribution in [0.25, 0.3) is 0 Å². The van der Waals surface area contributed by atoms with Crippen molar-refractivity contribution < 1.29 is 18.3 Å². The molecule has 0 aliphatic carbocycles. The Labute approximate surface area is 192 Å². The first-order valence-corrected chi connectivity index (χ1v) is 11.5. The highest BCUT2D eigenvalue weighted by atomic mass is 19.1. The van der Waals surface area contributed by atoms with Gasteiger partial charge in [-0.05, 0) is 13.1 Å². The van der Waals surface area contributed by atoms with Crippen LogP contribution < -0.4 is 20.1 Å². The molecule has 0 saturated carbocycles. The van der Waals surface area contributed by atoms with Crippen molar-refractivity contribution >= 4 is 11.6 Å². The van der Waals surface area contributed by atoms with Gasteiger partial charge in [0, 0.05) is 51.3 Å². The molecule has 0 amide bonds. The SMILES string of the molecule is CCN(CC)CCOc1cc(F)c(N2CCN(c3nc4c(c(=O)[nH]3)COCC4)CC2)c(F)c1. The molecule has 1 N–H and O–H groups in total. The number of rotatable bonds is 8. The highest BCUT2D eigenvalue weighted by Gasteiger charge is 2.26. The maximum atomic E-state index is 14.8. The maximum absolute atomic E-state index is 14.8. The summed E-state index contributed by atoms with van der Waals surface area (Å²) in [6.45, 7) is 9.59. The third-order valence-corrected chi connectivity index (χ3v) is 6.27. The van der Waals surface area contributed by atoms with Crippen LogP contribution in [0.2, 0.25) is 0 Å². The molecule has 2 aliphatic heterocycles. The van der Waals surface area contributed by atoms with E-state index in [0.717, 1.165) is 18.8 Å². The van der Waals surface area contributed by atoms with Crippen molar-refractivity contribution in [3.05, 3.63) is 45.4 Å². The van der Waals surface area contributed by atoms with Gasteiger partial charge in [0.2, 0.25) is 5.95 Å². The maximum Gasteiger partial charge on any atom is 0.258 e. The molecule has 180 valence electrons. The molecule has 2 aromatic rings. The van der Waals surface area contributed by atoms with E-state index in [1.807, 2.05) is 4.90 Å². The summed E-state index contributed by atoms with van der Waals surface area (Å²) < 4.78 is 40.5. The summed E-state index contributed by atoms with van der Waals surface area (Å²) in [6.07, 6.45) is 0.603. The fourth-order valence-corrected chi connectivity index (χ4v) is 4.28. The van der Waals surface area contributed by atoms with Crippen molar-refractivity contribution in [3.63, 3.8) is 0 Å². The van der Waals surface area contributed by atoms with Crippen molar-refractivity contribution in [2.75, 3.05) is 68.8 Å². The number of aromatic amines is 1. The predicted molar refractivity (Wildman–Crippen MR) is 122 cm³/mol. The second-order valence-electron chi connectivity index (χ2n) is 8.20.